The zero-order chi connectivity index (χ0) is 22.7. The van der Waals surface area contributed by atoms with Gasteiger partial charge in [0.25, 0.3) is 5.69 Å². The monoisotopic (exact) mass is 432 g/mol. The van der Waals surface area contributed by atoms with Crippen LogP contribution in [0.1, 0.15) is 30.9 Å². The van der Waals surface area contributed by atoms with Crippen molar-refractivity contribution < 1.29 is 8.98 Å². The van der Waals surface area contributed by atoms with Gasteiger partial charge in [0, 0.05) is 11.6 Å². The second-order valence-electron chi connectivity index (χ2n) is 9.06. The van der Waals surface area contributed by atoms with Crippen molar-refractivity contribution in [3.8, 4) is 22.5 Å². The van der Waals surface area contributed by atoms with E-state index in [1.165, 1.54) is 27.5 Å². The van der Waals surface area contributed by atoms with Crippen molar-refractivity contribution in [1.82, 2.24) is 9.38 Å². The first kappa shape index (κ1) is 19.7. The number of hydrogen-bond acceptors (Lipinski definition) is 2. The SMILES string of the molecule is Cc1c(-c2c3oc4c(-c5ccccc5)ncn4c3cc[n+]2C)cc(C(C)C)c2ccccc12. The topological polar surface area (TPSA) is 34.3 Å². The van der Waals surface area contributed by atoms with Gasteiger partial charge in [-0.15, -0.1) is 0 Å². The van der Waals surface area contributed by atoms with Gasteiger partial charge in [-0.1, -0.05) is 68.4 Å². The third-order valence-corrected chi connectivity index (χ3v) is 6.71. The molecular formula is C29H26N3O+. The normalized spacial score (nSPS) is 11.9. The van der Waals surface area contributed by atoms with E-state index in [0.29, 0.717) is 5.92 Å². The lowest BCUT2D eigenvalue weighted by atomic mass is 9.89. The smallest absolute Gasteiger partial charge is 0.257 e. The number of nitrogens with zero attached hydrogens (tertiary/aromatic N) is 3. The van der Waals surface area contributed by atoms with Gasteiger partial charge in [-0.25, -0.2) is 4.98 Å². The van der Waals surface area contributed by atoms with Gasteiger partial charge in [-0.2, -0.15) is 4.57 Å². The molecule has 0 amide bonds. The Kier molecular flexibility index (Phi) is 4.37. The van der Waals surface area contributed by atoms with Crippen LogP contribution in [0.15, 0.2) is 83.7 Å². The summed E-state index contributed by atoms with van der Waals surface area (Å²) in [7, 11) is 2.09. The van der Waals surface area contributed by atoms with E-state index in [1.54, 1.807) is 0 Å². The van der Waals surface area contributed by atoms with Crippen LogP contribution in [0, 0.1) is 6.92 Å². The highest BCUT2D eigenvalue weighted by Gasteiger charge is 2.26. The first-order valence-corrected chi connectivity index (χ1v) is 11.4. The Balaban J connectivity index is 1.69. The summed E-state index contributed by atoms with van der Waals surface area (Å²) >= 11 is 0. The van der Waals surface area contributed by atoms with Crippen molar-refractivity contribution in [3.63, 3.8) is 0 Å². The molecule has 3 aromatic carbocycles. The van der Waals surface area contributed by atoms with E-state index >= 15 is 0 Å². The molecule has 0 aliphatic rings. The number of aryl methyl sites for hydroxylation is 2. The molecule has 3 aromatic heterocycles. The average Bonchev–Trinajstić information content (AvgIpc) is 3.40. The lowest BCUT2D eigenvalue weighted by molar-refractivity contribution is -0.659. The molecule has 0 saturated heterocycles. The van der Waals surface area contributed by atoms with E-state index in [2.05, 4.69) is 96.5 Å². The van der Waals surface area contributed by atoms with Gasteiger partial charge in [0.1, 0.15) is 24.6 Å². The largest absolute Gasteiger partial charge is 0.429 e. The van der Waals surface area contributed by atoms with Gasteiger partial charge in [0.2, 0.25) is 11.3 Å². The molecule has 4 heteroatoms. The Labute approximate surface area is 192 Å². The number of pyridine rings is 1. The molecule has 0 saturated carbocycles. The quantitative estimate of drug-likeness (QED) is 0.287. The number of oxazole rings is 1. The maximum Gasteiger partial charge on any atom is 0.257 e. The summed E-state index contributed by atoms with van der Waals surface area (Å²) in [6.45, 7) is 6.74. The van der Waals surface area contributed by atoms with E-state index in [9.17, 15) is 0 Å². The first-order valence-electron chi connectivity index (χ1n) is 11.4. The van der Waals surface area contributed by atoms with E-state index < -0.39 is 0 Å². The minimum atomic E-state index is 0.417. The summed E-state index contributed by atoms with van der Waals surface area (Å²) < 4.78 is 10.8. The molecule has 0 atom stereocenters. The van der Waals surface area contributed by atoms with Crippen LogP contribution in [-0.4, -0.2) is 9.38 Å². The third kappa shape index (κ3) is 2.91. The molecule has 0 N–H and O–H groups in total. The Hall–Kier alpha value is -3.92. The van der Waals surface area contributed by atoms with Crippen LogP contribution < -0.4 is 4.57 Å². The minimum absolute atomic E-state index is 0.417. The van der Waals surface area contributed by atoms with E-state index in [-0.39, 0.29) is 0 Å². The molecule has 0 aliphatic heterocycles. The number of aromatic nitrogens is 3. The second kappa shape index (κ2) is 7.31. The minimum Gasteiger partial charge on any atom is -0.429 e. The van der Waals surface area contributed by atoms with Crippen LogP contribution in [0.3, 0.4) is 0 Å². The Morgan fingerprint density at radius 3 is 2.42 bits per heavy atom. The van der Waals surface area contributed by atoms with Crippen LogP contribution in [0.4, 0.5) is 0 Å². The predicted molar refractivity (Wildman–Crippen MR) is 133 cm³/mol. The van der Waals surface area contributed by atoms with Crippen molar-refractivity contribution in [1.29, 1.82) is 0 Å². The summed E-state index contributed by atoms with van der Waals surface area (Å²) in [5, 5.41) is 2.62. The molecule has 6 rings (SSSR count). The third-order valence-electron chi connectivity index (χ3n) is 6.71. The first-order chi connectivity index (χ1) is 16.0. The maximum absolute atomic E-state index is 6.59. The van der Waals surface area contributed by atoms with Crippen molar-refractivity contribution in [2.45, 2.75) is 26.7 Å². The molecule has 0 bridgehead atoms. The van der Waals surface area contributed by atoms with E-state index in [1.807, 2.05) is 24.5 Å². The molecule has 0 unspecified atom stereocenters. The summed E-state index contributed by atoms with van der Waals surface area (Å²) in [4.78, 5) is 4.66. The maximum atomic E-state index is 6.59. The van der Waals surface area contributed by atoms with Gasteiger partial charge in [-0.05, 0) is 40.8 Å². The fourth-order valence-corrected chi connectivity index (χ4v) is 4.99. The molecule has 4 nitrogen and oxygen atoms in total. The molecular weight excluding hydrogens is 406 g/mol. The van der Waals surface area contributed by atoms with Gasteiger partial charge in [0.05, 0.1) is 5.56 Å². The van der Waals surface area contributed by atoms with Crippen LogP contribution in [0.2, 0.25) is 0 Å². The highest BCUT2D eigenvalue weighted by atomic mass is 16.3. The zero-order valence-corrected chi connectivity index (χ0v) is 19.3. The van der Waals surface area contributed by atoms with Gasteiger partial charge >= 0.3 is 0 Å². The summed E-state index contributed by atoms with van der Waals surface area (Å²) in [6.07, 6.45) is 3.97. The molecule has 6 aromatic rings. The standard InChI is InChI=1S/C29H26N3O/c1-18(2)23-16-24(19(3)21-12-8-9-13-22(21)23)27-28-25(14-15-31(27)4)32-17-30-26(29(32)33-28)20-10-6-5-7-11-20/h5-18H,1-4H3/q+1. The summed E-state index contributed by atoms with van der Waals surface area (Å²) in [6, 6.07) is 23.4. The Morgan fingerprint density at radius 1 is 0.939 bits per heavy atom. The fraction of sp³-hybridized carbons (Fsp3) is 0.172. The van der Waals surface area contributed by atoms with Crippen LogP contribution in [0.5, 0.6) is 0 Å². The van der Waals surface area contributed by atoms with Crippen molar-refractivity contribution in [2.24, 2.45) is 7.05 Å². The lowest BCUT2D eigenvalue weighted by Crippen LogP contribution is -2.30. The molecule has 0 radical (unpaired) electrons. The van der Waals surface area contributed by atoms with E-state index in [0.717, 1.165) is 33.8 Å². The Morgan fingerprint density at radius 2 is 1.67 bits per heavy atom. The predicted octanol–water partition coefficient (Wildman–Crippen LogP) is 6.82. The average molecular weight is 433 g/mol. The van der Waals surface area contributed by atoms with Gasteiger partial charge in [-0.3, -0.25) is 4.40 Å². The van der Waals surface area contributed by atoms with Crippen molar-refractivity contribution in [2.75, 3.05) is 0 Å². The highest BCUT2D eigenvalue weighted by molar-refractivity contribution is 5.98. The number of hydrogen-bond donors (Lipinski definition) is 0. The summed E-state index contributed by atoms with van der Waals surface area (Å²) in [5.74, 6) is 0.417. The molecule has 0 aliphatic carbocycles. The van der Waals surface area contributed by atoms with Crippen LogP contribution in [0.25, 0.3) is 50.1 Å². The van der Waals surface area contributed by atoms with Gasteiger partial charge in [0.15, 0.2) is 6.20 Å². The number of fused-ring (bicyclic) bond motifs is 4. The number of rotatable bonds is 3. The zero-order valence-electron chi connectivity index (χ0n) is 19.3. The second-order valence-corrected chi connectivity index (χ2v) is 9.06. The molecule has 33 heavy (non-hydrogen) atoms. The van der Waals surface area contributed by atoms with Crippen LogP contribution in [-0.2, 0) is 7.05 Å². The molecule has 0 spiro atoms. The van der Waals surface area contributed by atoms with Gasteiger partial charge < -0.3 is 4.42 Å². The number of benzene rings is 3. The molecule has 162 valence electrons. The molecule has 3 heterocycles. The van der Waals surface area contributed by atoms with Crippen molar-refractivity contribution in [3.05, 3.63) is 90.4 Å². The number of imidazole rings is 1. The lowest BCUT2D eigenvalue weighted by Gasteiger charge is -2.15. The van der Waals surface area contributed by atoms with Crippen molar-refractivity contribution >= 4 is 27.6 Å². The van der Waals surface area contributed by atoms with Crippen LogP contribution >= 0.6 is 0 Å². The Bertz CT molecular complexity index is 1660. The van der Waals surface area contributed by atoms with E-state index in [4.69, 9.17) is 4.42 Å². The summed E-state index contributed by atoms with van der Waals surface area (Å²) in [5.41, 5.74) is 9.48. The molecule has 0 fully saturated rings. The highest BCUT2D eigenvalue weighted by Crippen LogP contribution is 2.38. The fourth-order valence-electron chi connectivity index (χ4n) is 4.99.